The highest BCUT2D eigenvalue weighted by atomic mass is 16.2. The Kier molecular flexibility index (Phi) is 6.15. The van der Waals surface area contributed by atoms with Gasteiger partial charge < -0.3 is 16.0 Å². The summed E-state index contributed by atoms with van der Waals surface area (Å²) in [4.78, 5) is 33.6. The highest BCUT2D eigenvalue weighted by molar-refractivity contribution is 6.06. The highest BCUT2D eigenvalue weighted by Gasteiger charge is 2.44. The number of hydrogen-bond donors (Lipinski definition) is 2. The molecule has 0 spiro atoms. The molecule has 2 heterocycles. The van der Waals surface area contributed by atoms with Gasteiger partial charge in [0.2, 0.25) is 0 Å². The number of anilines is 1. The third kappa shape index (κ3) is 4.89. The van der Waals surface area contributed by atoms with E-state index < -0.39 is 5.54 Å². The number of amides is 3. The number of hydrogen-bond acceptors (Lipinski definition) is 4. The van der Waals surface area contributed by atoms with Crippen LogP contribution in [-0.2, 0) is 4.79 Å². The van der Waals surface area contributed by atoms with Gasteiger partial charge in [0.25, 0.3) is 5.91 Å². The van der Waals surface area contributed by atoms with E-state index >= 15 is 0 Å². The Balaban J connectivity index is 1.60. The first kappa shape index (κ1) is 21.1. The number of nitrogens with two attached hydrogens (primary N) is 1. The van der Waals surface area contributed by atoms with Crippen molar-refractivity contribution < 1.29 is 9.59 Å². The predicted molar refractivity (Wildman–Crippen MR) is 116 cm³/mol. The molecule has 2 aliphatic heterocycles. The van der Waals surface area contributed by atoms with Crippen LogP contribution in [0.5, 0.6) is 0 Å². The molecule has 1 aromatic rings. The van der Waals surface area contributed by atoms with Gasteiger partial charge in [-0.25, -0.2) is 9.79 Å². The molecule has 7 heteroatoms. The first-order valence-electron chi connectivity index (χ1n) is 10.5. The first-order valence-corrected chi connectivity index (χ1v) is 10.5. The number of nitrogens with one attached hydrogen (secondary N) is 1. The molecule has 7 nitrogen and oxygen atoms in total. The number of guanidine groups is 1. The molecular weight excluding hydrogens is 366 g/mol. The van der Waals surface area contributed by atoms with Crippen molar-refractivity contribution in [1.29, 1.82) is 0 Å². The van der Waals surface area contributed by atoms with Crippen LogP contribution < -0.4 is 11.1 Å². The van der Waals surface area contributed by atoms with E-state index in [0.717, 1.165) is 30.6 Å². The topological polar surface area (TPSA) is 91.0 Å². The van der Waals surface area contributed by atoms with Crippen molar-refractivity contribution in [2.75, 3.05) is 25.0 Å². The fourth-order valence-corrected chi connectivity index (χ4v) is 4.44. The summed E-state index contributed by atoms with van der Waals surface area (Å²) in [6.45, 7) is 9.86. The van der Waals surface area contributed by atoms with Crippen molar-refractivity contribution in [3.05, 3.63) is 29.8 Å². The molecule has 0 aromatic heterocycles. The summed E-state index contributed by atoms with van der Waals surface area (Å²) in [5, 5.41) is 2.98. The molecule has 3 rings (SSSR count). The van der Waals surface area contributed by atoms with Crippen molar-refractivity contribution in [2.45, 2.75) is 52.5 Å². The molecule has 0 aliphatic carbocycles. The van der Waals surface area contributed by atoms with E-state index in [-0.39, 0.29) is 17.9 Å². The first-order chi connectivity index (χ1) is 13.7. The minimum atomic E-state index is -0.769. The van der Waals surface area contributed by atoms with Crippen LogP contribution in [-0.4, -0.2) is 52.9 Å². The molecule has 2 aliphatic rings. The standard InChI is InChI=1S/C22H33N5O2/c1-15(2)12-22(4)19(28)27(20(23)25-22)14-17-8-6-10-26(13-17)21(29)24-18-9-5-7-16(3)11-18/h5,7,9,11,15,17H,6,8,10,12-14H2,1-4H3,(H2,23,25)(H,24,29). The molecule has 1 fully saturated rings. The molecule has 3 amide bonds. The molecule has 1 aromatic carbocycles. The van der Waals surface area contributed by atoms with Gasteiger partial charge in [0.15, 0.2) is 5.96 Å². The Bertz CT molecular complexity index is 806. The maximum absolute atomic E-state index is 13.0. The molecule has 2 unspecified atom stereocenters. The second-order valence-electron chi connectivity index (χ2n) is 9.01. The van der Waals surface area contributed by atoms with E-state index in [0.29, 0.717) is 31.4 Å². The van der Waals surface area contributed by atoms with Crippen molar-refractivity contribution in [3.8, 4) is 0 Å². The van der Waals surface area contributed by atoms with Crippen molar-refractivity contribution in [1.82, 2.24) is 9.80 Å². The largest absolute Gasteiger partial charge is 0.369 e. The van der Waals surface area contributed by atoms with Gasteiger partial charge in [-0.3, -0.25) is 9.69 Å². The molecular formula is C22H33N5O2. The van der Waals surface area contributed by atoms with Crippen LogP contribution in [0.1, 0.15) is 45.6 Å². The quantitative estimate of drug-likeness (QED) is 0.796. The van der Waals surface area contributed by atoms with Gasteiger partial charge in [-0.1, -0.05) is 26.0 Å². The Morgan fingerprint density at radius 1 is 1.41 bits per heavy atom. The lowest BCUT2D eigenvalue weighted by atomic mass is 9.90. The van der Waals surface area contributed by atoms with Gasteiger partial charge in [0, 0.05) is 25.3 Å². The van der Waals surface area contributed by atoms with Gasteiger partial charge in [-0.2, -0.15) is 0 Å². The molecule has 1 saturated heterocycles. The smallest absolute Gasteiger partial charge is 0.321 e. The van der Waals surface area contributed by atoms with E-state index in [1.54, 1.807) is 4.90 Å². The number of piperidine rings is 1. The monoisotopic (exact) mass is 399 g/mol. The number of nitrogens with zero attached hydrogens (tertiary/aromatic N) is 3. The second-order valence-corrected chi connectivity index (χ2v) is 9.01. The number of likely N-dealkylation sites (tertiary alicyclic amines) is 1. The van der Waals surface area contributed by atoms with E-state index in [9.17, 15) is 9.59 Å². The number of urea groups is 1. The lowest BCUT2D eigenvalue weighted by Crippen LogP contribution is -2.49. The van der Waals surface area contributed by atoms with Crippen LogP contribution >= 0.6 is 0 Å². The van der Waals surface area contributed by atoms with E-state index in [1.165, 1.54) is 0 Å². The average Bonchev–Trinajstić information content (AvgIpc) is 2.84. The molecule has 0 saturated carbocycles. The summed E-state index contributed by atoms with van der Waals surface area (Å²) < 4.78 is 0. The number of benzene rings is 1. The van der Waals surface area contributed by atoms with E-state index in [2.05, 4.69) is 24.2 Å². The summed E-state index contributed by atoms with van der Waals surface area (Å²) in [5.41, 5.74) is 7.24. The summed E-state index contributed by atoms with van der Waals surface area (Å²) in [7, 11) is 0. The fraction of sp³-hybridized carbons (Fsp3) is 0.591. The Labute approximate surface area is 173 Å². The van der Waals surface area contributed by atoms with Gasteiger partial charge in [-0.15, -0.1) is 0 Å². The molecule has 0 bridgehead atoms. The Hall–Kier alpha value is -2.57. The molecule has 2 atom stereocenters. The summed E-state index contributed by atoms with van der Waals surface area (Å²) >= 11 is 0. The number of carbonyl (C=O) groups excluding carboxylic acids is 2. The predicted octanol–water partition coefficient (Wildman–Crippen LogP) is 3.20. The SMILES string of the molecule is Cc1cccc(NC(=O)N2CCCC(CN3C(=O)C(C)(CC(C)C)N=C3N)C2)c1. The number of carbonyl (C=O) groups is 2. The molecule has 0 radical (unpaired) electrons. The zero-order valence-corrected chi connectivity index (χ0v) is 17.9. The van der Waals surface area contributed by atoms with E-state index in [1.807, 2.05) is 43.0 Å². The molecule has 29 heavy (non-hydrogen) atoms. The summed E-state index contributed by atoms with van der Waals surface area (Å²) in [5.74, 6) is 0.826. The minimum absolute atomic E-state index is 0.0231. The van der Waals surface area contributed by atoms with Crippen LogP contribution in [0.3, 0.4) is 0 Å². The normalized spacial score (nSPS) is 24.8. The third-order valence-corrected chi connectivity index (χ3v) is 5.67. The third-order valence-electron chi connectivity index (χ3n) is 5.67. The second kappa shape index (κ2) is 8.43. The number of rotatable bonds is 5. The maximum Gasteiger partial charge on any atom is 0.321 e. The van der Waals surface area contributed by atoms with Crippen LogP contribution in [0.15, 0.2) is 29.3 Å². The lowest BCUT2D eigenvalue weighted by molar-refractivity contribution is -0.131. The van der Waals surface area contributed by atoms with Crippen LogP contribution in [0.25, 0.3) is 0 Å². The van der Waals surface area contributed by atoms with Gasteiger partial charge in [-0.05, 0) is 62.6 Å². The lowest BCUT2D eigenvalue weighted by Gasteiger charge is -2.35. The Morgan fingerprint density at radius 2 is 2.17 bits per heavy atom. The number of aliphatic imine (C=N–C) groups is 1. The molecule has 3 N–H and O–H groups in total. The van der Waals surface area contributed by atoms with Crippen LogP contribution in [0.2, 0.25) is 0 Å². The zero-order valence-electron chi connectivity index (χ0n) is 17.9. The van der Waals surface area contributed by atoms with Gasteiger partial charge in [0.1, 0.15) is 5.54 Å². The van der Waals surface area contributed by atoms with Crippen molar-refractivity contribution in [3.63, 3.8) is 0 Å². The zero-order chi connectivity index (χ0) is 21.2. The van der Waals surface area contributed by atoms with Gasteiger partial charge >= 0.3 is 6.03 Å². The molecule has 158 valence electrons. The van der Waals surface area contributed by atoms with Gasteiger partial charge in [0.05, 0.1) is 0 Å². The van der Waals surface area contributed by atoms with Crippen LogP contribution in [0, 0.1) is 18.8 Å². The van der Waals surface area contributed by atoms with Crippen LogP contribution in [0.4, 0.5) is 10.5 Å². The average molecular weight is 400 g/mol. The Morgan fingerprint density at radius 3 is 2.86 bits per heavy atom. The highest BCUT2D eigenvalue weighted by Crippen LogP contribution is 2.30. The van der Waals surface area contributed by atoms with Crippen molar-refractivity contribution in [2.24, 2.45) is 22.6 Å². The number of aryl methyl sites for hydroxylation is 1. The minimum Gasteiger partial charge on any atom is -0.369 e. The van der Waals surface area contributed by atoms with Crippen molar-refractivity contribution >= 4 is 23.6 Å². The maximum atomic E-state index is 13.0. The summed E-state index contributed by atoms with van der Waals surface area (Å²) in [6.07, 6.45) is 2.55. The summed E-state index contributed by atoms with van der Waals surface area (Å²) in [6, 6.07) is 7.67. The fourth-order valence-electron chi connectivity index (χ4n) is 4.44. The van der Waals surface area contributed by atoms with E-state index in [4.69, 9.17) is 5.73 Å².